The first-order valence-corrected chi connectivity index (χ1v) is 7.52. The van der Waals surface area contributed by atoms with Gasteiger partial charge in [-0.15, -0.1) is 0 Å². The fourth-order valence-electron chi connectivity index (χ4n) is 1.97. The molecule has 7 heteroatoms. The van der Waals surface area contributed by atoms with Crippen LogP contribution >= 0.6 is 0 Å². The first-order chi connectivity index (χ1) is 8.33. The summed E-state index contributed by atoms with van der Waals surface area (Å²) in [7, 11) is -1.76. The molecule has 0 saturated carbocycles. The van der Waals surface area contributed by atoms with Crippen molar-refractivity contribution in [3.63, 3.8) is 0 Å². The predicted molar refractivity (Wildman–Crippen MR) is 66.7 cm³/mol. The fraction of sp³-hybridized carbons (Fsp3) is 0.636. The Kier molecular flexibility index (Phi) is 3.18. The monoisotopic (exact) mass is 271 g/mol. The summed E-state index contributed by atoms with van der Waals surface area (Å²) in [5.41, 5.74) is 1.11. The number of hydrogen-bond donors (Lipinski definition) is 0. The molecule has 6 nitrogen and oxygen atoms in total. The van der Waals surface area contributed by atoms with Crippen molar-refractivity contribution < 1.29 is 13.2 Å². The Morgan fingerprint density at radius 3 is 2.56 bits per heavy atom. The van der Waals surface area contributed by atoms with E-state index in [1.54, 1.807) is 13.1 Å². The highest BCUT2D eigenvalue weighted by atomic mass is 32.2. The zero-order valence-electron chi connectivity index (χ0n) is 10.8. The number of rotatable bonds is 2. The first kappa shape index (κ1) is 13.1. The fourth-order valence-corrected chi connectivity index (χ4v) is 3.43. The highest BCUT2D eigenvalue weighted by Gasteiger charge is 2.34. The molecule has 2 heterocycles. The maximum atomic E-state index is 12.2. The molecular formula is C11H17N3O3S. The van der Waals surface area contributed by atoms with Gasteiger partial charge in [0.25, 0.3) is 5.91 Å². The summed E-state index contributed by atoms with van der Waals surface area (Å²) < 4.78 is 25.8. The van der Waals surface area contributed by atoms with Crippen LogP contribution in [0.3, 0.4) is 0 Å². The third kappa shape index (κ3) is 2.14. The average Bonchev–Trinajstić information content (AvgIpc) is 2.80. The van der Waals surface area contributed by atoms with Crippen LogP contribution in [0.25, 0.3) is 0 Å². The third-order valence-electron chi connectivity index (χ3n) is 3.04. The number of nitrogens with zero attached hydrogens (tertiary/aromatic N) is 3. The number of sulfonamides is 1. The van der Waals surface area contributed by atoms with E-state index in [2.05, 4.69) is 5.10 Å². The largest absolute Gasteiger partial charge is 0.285 e. The third-order valence-corrected chi connectivity index (χ3v) is 4.86. The van der Waals surface area contributed by atoms with Crippen LogP contribution in [0.4, 0.5) is 0 Å². The number of amides is 1. The van der Waals surface area contributed by atoms with Gasteiger partial charge in [-0.05, 0) is 18.4 Å². The standard InChI is InChI=1S/C11H17N3O3S/c1-8(2)9-7-10(13(3)12-9)11(15)14-5-4-6-18(14,16)17/h7-8H,4-6H2,1-3H3. The smallest absolute Gasteiger partial charge is 0.266 e. The molecule has 2 rings (SSSR count). The van der Waals surface area contributed by atoms with E-state index in [-0.39, 0.29) is 18.2 Å². The van der Waals surface area contributed by atoms with Gasteiger partial charge in [-0.2, -0.15) is 5.10 Å². The van der Waals surface area contributed by atoms with Gasteiger partial charge < -0.3 is 0 Å². The summed E-state index contributed by atoms with van der Waals surface area (Å²) in [5.74, 6) is -0.226. The predicted octanol–water partition coefficient (Wildman–Crippen LogP) is 0.719. The molecule has 0 spiro atoms. The summed E-state index contributed by atoms with van der Waals surface area (Å²) in [5, 5.41) is 4.22. The molecule has 0 atom stereocenters. The van der Waals surface area contributed by atoms with Crippen LogP contribution in [0.2, 0.25) is 0 Å². The highest BCUT2D eigenvalue weighted by Crippen LogP contribution is 2.20. The van der Waals surface area contributed by atoms with Crippen molar-refractivity contribution in [1.29, 1.82) is 0 Å². The molecule has 100 valence electrons. The lowest BCUT2D eigenvalue weighted by Gasteiger charge is -2.14. The molecule has 1 amide bonds. The van der Waals surface area contributed by atoms with Gasteiger partial charge in [0.05, 0.1) is 11.4 Å². The van der Waals surface area contributed by atoms with Gasteiger partial charge in [-0.3, -0.25) is 9.48 Å². The van der Waals surface area contributed by atoms with E-state index in [1.165, 1.54) is 4.68 Å². The van der Waals surface area contributed by atoms with Gasteiger partial charge >= 0.3 is 0 Å². The van der Waals surface area contributed by atoms with E-state index in [0.717, 1.165) is 10.00 Å². The van der Waals surface area contributed by atoms with Crippen molar-refractivity contribution >= 4 is 15.9 Å². The minimum atomic E-state index is -3.42. The molecule has 1 aliphatic heterocycles. The van der Waals surface area contributed by atoms with E-state index in [0.29, 0.717) is 12.1 Å². The molecule has 1 aromatic rings. The normalized spacial score (nSPS) is 18.6. The highest BCUT2D eigenvalue weighted by molar-refractivity contribution is 7.89. The SMILES string of the molecule is CC(C)c1cc(C(=O)N2CCCS2(=O)=O)n(C)n1. The van der Waals surface area contributed by atoms with Gasteiger partial charge in [0.1, 0.15) is 5.69 Å². The quantitative estimate of drug-likeness (QED) is 0.794. The second kappa shape index (κ2) is 4.38. The van der Waals surface area contributed by atoms with Crippen molar-refractivity contribution in [2.24, 2.45) is 7.05 Å². The first-order valence-electron chi connectivity index (χ1n) is 5.91. The summed E-state index contributed by atoms with van der Waals surface area (Å²) >= 11 is 0. The summed E-state index contributed by atoms with van der Waals surface area (Å²) in [6.45, 7) is 4.22. The molecular weight excluding hydrogens is 254 g/mol. The summed E-state index contributed by atoms with van der Waals surface area (Å²) in [4.78, 5) is 12.2. The Labute approximate surface area is 107 Å². The molecule has 1 aromatic heterocycles. The second-order valence-corrected chi connectivity index (χ2v) is 6.79. The van der Waals surface area contributed by atoms with Crippen LogP contribution in [-0.4, -0.2) is 40.7 Å². The van der Waals surface area contributed by atoms with E-state index >= 15 is 0 Å². The maximum Gasteiger partial charge on any atom is 0.285 e. The molecule has 1 aliphatic rings. The Bertz CT molecular complexity index is 574. The number of aryl methyl sites for hydroxylation is 1. The van der Waals surface area contributed by atoms with E-state index in [4.69, 9.17) is 0 Å². The van der Waals surface area contributed by atoms with Crippen molar-refractivity contribution in [3.05, 3.63) is 17.5 Å². The molecule has 0 aliphatic carbocycles. The molecule has 0 aromatic carbocycles. The van der Waals surface area contributed by atoms with E-state index in [1.807, 2.05) is 13.8 Å². The van der Waals surface area contributed by atoms with Crippen molar-refractivity contribution in [2.75, 3.05) is 12.3 Å². The van der Waals surface area contributed by atoms with Gasteiger partial charge in [0.2, 0.25) is 10.0 Å². The number of carbonyl (C=O) groups excluding carboxylic acids is 1. The molecule has 1 saturated heterocycles. The van der Waals surface area contributed by atoms with Crippen LogP contribution in [0, 0.1) is 0 Å². The Morgan fingerprint density at radius 2 is 2.11 bits per heavy atom. The molecule has 0 unspecified atom stereocenters. The number of aromatic nitrogens is 2. The average molecular weight is 271 g/mol. The van der Waals surface area contributed by atoms with Crippen LogP contribution in [-0.2, 0) is 17.1 Å². The lowest BCUT2D eigenvalue weighted by molar-refractivity contribution is 0.0859. The maximum absolute atomic E-state index is 12.2. The number of hydrogen-bond acceptors (Lipinski definition) is 4. The van der Waals surface area contributed by atoms with Gasteiger partial charge in [0, 0.05) is 13.6 Å². The molecule has 18 heavy (non-hydrogen) atoms. The molecule has 1 fully saturated rings. The Morgan fingerprint density at radius 1 is 1.44 bits per heavy atom. The van der Waals surface area contributed by atoms with Crippen LogP contribution in [0.1, 0.15) is 42.4 Å². The Balaban J connectivity index is 2.35. The van der Waals surface area contributed by atoms with Gasteiger partial charge in [-0.25, -0.2) is 12.7 Å². The van der Waals surface area contributed by atoms with Crippen LogP contribution in [0.5, 0.6) is 0 Å². The summed E-state index contributed by atoms with van der Waals surface area (Å²) in [6.07, 6.45) is 0.503. The zero-order valence-corrected chi connectivity index (χ0v) is 11.6. The van der Waals surface area contributed by atoms with Crippen molar-refractivity contribution in [3.8, 4) is 0 Å². The van der Waals surface area contributed by atoms with Crippen LogP contribution < -0.4 is 0 Å². The minimum Gasteiger partial charge on any atom is -0.266 e. The zero-order chi connectivity index (χ0) is 13.5. The minimum absolute atomic E-state index is 0.0492. The lowest BCUT2D eigenvalue weighted by Crippen LogP contribution is -2.33. The van der Waals surface area contributed by atoms with Gasteiger partial charge in [-0.1, -0.05) is 13.8 Å². The molecule has 0 bridgehead atoms. The topological polar surface area (TPSA) is 72.3 Å². The molecule has 0 N–H and O–H groups in total. The van der Waals surface area contributed by atoms with Crippen molar-refractivity contribution in [2.45, 2.75) is 26.2 Å². The van der Waals surface area contributed by atoms with Crippen LogP contribution in [0.15, 0.2) is 6.07 Å². The van der Waals surface area contributed by atoms with Crippen molar-refractivity contribution in [1.82, 2.24) is 14.1 Å². The summed E-state index contributed by atoms with van der Waals surface area (Å²) in [6, 6.07) is 1.67. The van der Waals surface area contributed by atoms with E-state index in [9.17, 15) is 13.2 Å². The van der Waals surface area contributed by atoms with E-state index < -0.39 is 15.9 Å². The lowest BCUT2D eigenvalue weighted by atomic mass is 10.1. The second-order valence-electron chi connectivity index (χ2n) is 4.78. The van der Waals surface area contributed by atoms with Gasteiger partial charge in [0.15, 0.2) is 0 Å². The number of carbonyl (C=O) groups is 1. The molecule has 0 radical (unpaired) electrons. The Hall–Kier alpha value is -1.37.